The highest BCUT2D eigenvalue weighted by molar-refractivity contribution is 6.04. The van der Waals surface area contributed by atoms with Gasteiger partial charge < -0.3 is 21.0 Å². The van der Waals surface area contributed by atoms with Gasteiger partial charge in [-0.2, -0.15) is 0 Å². The van der Waals surface area contributed by atoms with Gasteiger partial charge in [-0.05, 0) is 44.4 Å². The highest BCUT2D eigenvalue weighted by Gasteiger charge is 2.34. The second-order valence-electron chi connectivity index (χ2n) is 8.14. The van der Waals surface area contributed by atoms with Crippen molar-refractivity contribution in [3.05, 3.63) is 65.5 Å². The Bertz CT molecular complexity index is 1290. The summed E-state index contributed by atoms with van der Waals surface area (Å²) in [6.07, 6.45) is 2.17. The van der Waals surface area contributed by atoms with Crippen LogP contribution >= 0.6 is 0 Å². The van der Waals surface area contributed by atoms with Crippen LogP contribution in [0.5, 0.6) is 0 Å². The summed E-state index contributed by atoms with van der Waals surface area (Å²) in [6, 6.07) is 7.83. The molecule has 0 saturated carbocycles. The number of carbonyl (C=O) groups is 3. The summed E-state index contributed by atoms with van der Waals surface area (Å²) < 4.78 is 19.6. The minimum atomic E-state index is -1.09. The number of pyridine rings is 1. The standard InChI is InChI=1S/C24H25FN6O5/c1-2-36-23(33)20-19(29-21(31(20)26)17-5-3-4-12-30(17)24(34)35)14-6-8-15(9-7-14)22(32)28-18-13-16(25)10-11-27-18/h6-11,13,17H,2-5,12,26H2,1H3,(H,34,35)(H,27,28,32)/t17-/m0/s1. The number of nitrogens with two attached hydrogens (primary N) is 1. The molecule has 1 aliphatic rings. The van der Waals surface area contributed by atoms with Crippen LogP contribution in [0.15, 0.2) is 42.6 Å². The molecule has 4 rings (SSSR count). The van der Waals surface area contributed by atoms with Crippen LogP contribution in [0.3, 0.4) is 0 Å². The number of nitrogens with zero attached hydrogens (tertiary/aromatic N) is 4. The molecule has 3 aromatic rings. The number of anilines is 1. The molecule has 0 unspecified atom stereocenters. The first-order chi connectivity index (χ1) is 17.3. The van der Waals surface area contributed by atoms with E-state index in [1.54, 1.807) is 19.1 Å². The number of hydrogen-bond donors (Lipinski definition) is 3. The van der Waals surface area contributed by atoms with Crippen molar-refractivity contribution in [2.24, 2.45) is 0 Å². The van der Waals surface area contributed by atoms with Gasteiger partial charge in [0.1, 0.15) is 17.3 Å². The zero-order chi connectivity index (χ0) is 25.8. The van der Waals surface area contributed by atoms with Crippen molar-refractivity contribution in [2.45, 2.75) is 32.2 Å². The number of amides is 2. The molecule has 11 nitrogen and oxygen atoms in total. The second kappa shape index (κ2) is 10.4. The normalized spacial score (nSPS) is 15.4. The van der Waals surface area contributed by atoms with E-state index in [1.165, 1.54) is 29.3 Å². The number of hydrogen-bond acceptors (Lipinski definition) is 7. The maximum atomic E-state index is 13.4. The number of aromatic nitrogens is 3. The molecule has 0 spiro atoms. The van der Waals surface area contributed by atoms with Gasteiger partial charge in [-0.3, -0.25) is 9.69 Å². The van der Waals surface area contributed by atoms with Gasteiger partial charge in [0.05, 0.1) is 12.6 Å². The molecular weight excluding hydrogens is 471 g/mol. The highest BCUT2D eigenvalue weighted by Crippen LogP contribution is 2.34. The van der Waals surface area contributed by atoms with E-state index in [2.05, 4.69) is 15.3 Å². The third-order valence-corrected chi connectivity index (χ3v) is 5.84. The lowest BCUT2D eigenvalue weighted by molar-refractivity contribution is 0.0516. The fraction of sp³-hybridized carbons (Fsp3) is 0.292. The molecule has 1 fully saturated rings. The molecular formula is C24H25FN6O5. The van der Waals surface area contributed by atoms with Gasteiger partial charge in [0.2, 0.25) is 0 Å². The summed E-state index contributed by atoms with van der Waals surface area (Å²) in [5.41, 5.74) is 0.922. The van der Waals surface area contributed by atoms with E-state index in [4.69, 9.17) is 10.6 Å². The fourth-order valence-electron chi connectivity index (χ4n) is 4.15. The van der Waals surface area contributed by atoms with Crippen LogP contribution in [-0.4, -0.2) is 55.8 Å². The Morgan fingerprint density at radius 1 is 1.22 bits per heavy atom. The van der Waals surface area contributed by atoms with Gasteiger partial charge in [-0.15, -0.1) is 0 Å². The second-order valence-corrected chi connectivity index (χ2v) is 8.14. The molecule has 1 aliphatic heterocycles. The van der Waals surface area contributed by atoms with Crippen LogP contribution in [0, 0.1) is 5.82 Å². The Kier molecular flexibility index (Phi) is 7.13. The van der Waals surface area contributed by atoms with E-state index in [-0.39, 0.29) is 35.2 Å². The molecule has 1 saturated heterocycles. The summed E-state index contributed by atoms with van der Waals surface area (Å²) in [6.45, 7) is 2.10. The Morgan fingerprint density at radius 3 is 2.64 bits per heavy atom. The maximum absolute atomic E-state index is 13.4. The van der Waals surface area contributed by atoms with E-state index in [0.717, 1.165) is 23.6 Å². The number of ether oxygens (including phenoxy) is 1. The minimum absolute atomic E-state index is 0.0241. The molecule has 1 atom stereocenters. The highest BCUT2D eigenvalue weighted by atomic mass is 19.1. The average Bonchev–Trinajstić information content (AvgIpc) is 3.21. The third kappa shape index (κ3) is 4.97. The molecule has 188 valence electrons. The van der Waals surface area contributed by atoms with E-state index in [9.17, 15) is 23.9 Å². The molecule has 0 aliphatic carbocycles. The van der Waals surface area contributed by atoms with Crippen molar-refractivity contribution in [3.63, 3.8) is 0 Å². The SMILES string of the molecule is CCOC(=O)c1c(-c2ccc(C(=O)Nc3cc(F)ccn3)cc2)nc([C@@H]2CCCCN2C(=O)O)n1N. The molecule has 3 heterocycles. The number of rotatable bonds is 6. The van der Waals surface area contributed by atoms with Crippen molar-refractivity contribution in [1.29, 1.82) is 0 Å². The van der Waals surface area contributed by atoms with Crippen LogP contribution in [0.1, 0.15) is 58.9 Å². The molecule has 36 heavy (non-hydrogen) atoms. The molecule has 2 amide bonds. The van der Waals surface area contributed by atoms with Crippen molar-refractivity contribution >= 4 is 23.8 Å². The van der Waals surface area contributed by atoms with E-state index in [1.807, 2.05) is 0 Å². The predicted molar refractivity (Wildman–Crippen MR) is 127 cm³/mol. The van der Waals surface area contributed by atoms with Crippen LogP contribution in [0.2, 0.25) is 0 Å². The number of piperidine rings is 1. The van der Waals surface area contributed by atoms with Gasteiger partial charge in [-0.1, -0.05) is 12.1 Å². The minimum Gasteiger partial charge on any atom is -0.465 e. The first kappa shape index (κ1) is 24.6. The number of benzene rings is 1. The third-order valence-electron chi connectivity index (χ3n) is 5.84. The number of carbonyl (C=O) groups excluding carboxylic acids is 2. The van der Waals surface area contributed by atoms with E-state index in [0.29, 0.717) is 18.5 Å². The zero-order valence-electron chi connectivity index (χ0n) is 19.5. The van der Waals surface area contributed by atoms with Crippen LogP contribution in [0.4, 0.5) is 15.0 Å². The van der Waals surface area contributed by atoms with Gasteiger partial charge in [-0.25, -0.2) is 28.6 Å². The number of carboxylic acid groups (broad SMARTS) is 1. The van der Waals surface area contributed by atoms with Gasteiger partial charge in [0.25, 0.3) is 5.91 Å². The van der Waals surface area contributed by atoms with Crippen molar-refractivity contribution < 1.29 is 28.6 Å². The Hall–Kier alpha value is -4.48. The van der Waals surface area contributed by atoms with E-state index >= 15 is 0 Å². The smallest absolute Gasteiger partial charge is 0.407 e. The summed E-state index contributed by atoms with van der Waals surface area (Å²) in [4.78, 5) is 46.9. The molecule has 1 aromatic carbocycles. The largest absolute Gasteiger partial charge is 0.465 e. The van der Waals surface area contributed by atoms with Crippen LogP contribution < -0.4 is 11.2 Å². The fourth-order valence-corrected chi connectivity index (χ4v) is 4.15. The van der Waals surface area contributed by atoms with Crippen molar-refractivity contribution in [1.82, 2.24) is 19.5 Å². The van der Waals surface area contributed by atoms with E-state index < -0.39 is 29.8 Å². The van der Waals surface area contributed by atoms with Crippen molar-refractivity contribution in [2.75, 3.05) is 24.3 Å². The number of esters is 1. The Balaban J connectivity index is 1.68. The lowest BCUT2D eigenvalue weighted by Crippen LogP contribution is -2.39. The molecule has 4 N–H and O–H groups in total. The Morgan fingerprint density at radius 2 is 1.97 bits per heavy atom. The summed E-state index contributed by atoms with van der Waals surface area (Å²) in [5.74, 6) is 4.83. The number of nitrogens with one attached hydrogen (secondary N) is 1. The monoisotopic (exact) mass is 496 g/mol. The zero-order valence-corrected chi connectivity index (χ0v) is 19.5. The topological polar surface area (TPSA) is 153 Å². The lowest BCUT2D eigenvalue weighted by atomic mass is 10.0. The Labute approximate surface area is 205 Å². The van der Waals surface area contributed by atoms with Crippen LogP contribution in [-0.2, 0) is 4.74 Å². The molecule has 12 heteroatoms. The first-order valence-corrected chi connectivity index (χ1v) is 11.4. The lowest BCUT2D eigenvalue weighted by Gasteiger charge is -2.32. The summed E-state index contributed by atoms with van der Waals surface area (Å²) >= 11 is 0. The van der Waals surface area contributed by atoms with Gasteiger partial charge in [0.15, 0.2) is 11.5 Å². The predicted octanol–water partition coefficient (Wildman–Crippen LogP) is 3.43. The van der Waals surface area contributed by atoms with Gasteiger partial charge >= 0.3 is 12.1 Å². The number of likely N-dealkylation sites (tertiary alicyclic amines) is 1. The molecule has 2 aromatic heterocycles. The quantitative estimate of drug-likeness (QED) is 0.347. The van der Waals surface area contributed by atoms with Crippen molar-refractivity contribution in [3.8, 4) is 11.3 Å². The summed E-state index contributed by atoms with van der Waals surface area (Å²) in [7, 11) is 0. The number of halogens is 1. The van der Waals surface area contributed by atoms with Crippen LogP contribution in [0.25, 0.3) is 11.3 Å². The molecule has 0 bridgehead atoms. The van der Waals surface area contributed by atoms with Gasteiger partial charge in [0, 0.05) is 29.9 Å². The maximum Gasteiger partial charge on any atom is 0.407 e. The number of imidazole rings is 1. The number of nitrogen functional groups attached to an aromatic ring is 1. The first-order valence-electron chi connectivity index (χ1n) is 11.4. The summed E-state index contributed by atoms with van der Waals surface area (Å²) in [5, 5.41) is 12.2. The molecule has 0 radical (unpaired) electrons. The average molecular weight is 496 g/mol.